The van der Waals surface area contributed by atoms with Gasteiger partial charge in [0.2, 0.25) is 0 Å². The predicted octanol–water partition coefficient (Wildman–Crippen LogP) is -0.873. The Kier molecular flexibility index (Phi) is 4.60. The SMILES string of the molecule is CC(C)(O)C(CO)OCCO. The lowest BCUT2D eigenvalue weighted by atomic mass is 10.0. The van der Waals surface area contributed by atoms with Crippen molar-refractivity contribution >= 4 is 0 Å². The summed E-state index contributed by atoms with van der Waals surface area (Å²) in [6.07, 6.45) is -0.630. The first-order valence-corrected chi connectivity index (χ1v) is 3.58. The van der Waals surface area contributed by atoms with Crippen molar-refractivity contribution in [1.82, 2.24) is 0 Å². The molecule has 0 aliphatic carbocycles. The lowest BCUT2D eigenvalue weighted by molar-refractivity contribution is -0.113. The minimum atomic E-state index is -1.07. The molecule has 3 N–H and O–H groups in total. The number of hydrogen-bond donors (Lipinski definition) is 3. The van der Waals surface area contributed by atoms with Crippen molar-refractivity contribution in [2.24, 2.45) is 0 Å². The highest BCUT2D eigenvalue weighted by atomic mass is 16.5. The molecule has 0 amide bonds. The second-order valence-corrected chi connectivity index (χ2v) is 2.92. The Morgan fingerprint density at radius 1 is 1.36 bits per heavy atom. The predicted molar refractivity (Wildman–Crippen MR) is 40.2 cm³/mol. The molecule has 68 valence electrons. The zero-order valence-electron chi connectivity index (χ0n) is 6.95. The van der Waals surface area contributed by atoms with Crippen LogP contribution in [-0.4, -0.2) is 46.8 Å². The fraction of sp³-hybridized carbons (Fsp3) is 1.00. The van der Waals surface area contributed by atoms with Crippen LogP contribution in [0.4, 0.5) is 0 Å². The van der Waals surface area contributed by atoms with Gasteiger partial charge in [-0.15, -0.1) is 0 Å². The molecular formula is C7H16O4. The van der Waals surface area contributed by atoms with E-state index < -0.39 is 11.7 Å². The van der Waals surface area contributed by atoms with E-state index in [0.29, 0.717) is 0 Å². The van der Waals surface area contributed by atoms with Crippen LogP contribution in [0.15, 0.2) is 0 Å². The average Bonchev–Trinajstić information content (AvgIpc) is 1.87. The third-order valence-electron chi connectivity index (χ3n) is 1.36. The van der Waals surface area contributed by atoms with E-state index in [9.17, 15) is 5.11 Å². The highest BCUT2D eigenvalue weighted by Crippen LogP contribution is 2.11. The van der Waals surface area contributed by atoms with Gasteiger partial charge in [0.25, 0.3) is 0 Å². The number of hydrogen-bond acceptors (Lipinski definition) is 4. The molecule has 11 heavy (non-hydrogen) atoms. The monoisotopic (exact) mass is 164 g/mol. The molecule has 4 heteroatoms. The molecule has 0 aromatic heterocycles. The van der Waals surface area contributed by atoms with Crippen molar-refractivity contribution in [2.75, 3.05) is 19.8 Å². The maximum absolute atomic E-state index is 9.34. The van der Waals surface area contributed by atoms with Gasteiger partial charge in [0.05, 0.1) is 25.4 Å². The van der Waals surface area contributed by atoms with Gasteiger partial charge in [0.1, 0.15) is 6.10 Å². The Labute approximate surface area is 66.4 Å². The molecule has 0 saturated carbocycles. The normalized spacial score (nSPS) is 15.0. The second kappa shape index (κ2) is 4.66. The van der Waals surface area contributed by atoms with Gasteiger partial charge in [0, 0.05) is 0 Å². The molecule has 0 aliphatic heterocycles. The summed E-state index contributed by atoms with van der Waals surface area (Å²) < 4.78 is 4.95. The number of aliphatic hydroxyl groups excluding tert-OH is 2. The average molecular weight is 164 g/mol. The van der Waals surface area contributed by atoms with E-state index in [0.717, 1.165) is 0 Å². The molecule has 0 spiro atoms. The van der Waals surface area contributed by atoms with Crippen LogP contribution in [0, 0.1) is 0 Å². The zero-order chi connectivity index (χ0) is 8.91. The Balaban J connectivity index is 3.76. The van der Waals surface area contributed by atoms with Gasteiger partial charge in [-0.1, -0.05) is 0 Å². The Morgan fingerprint density at radius 3 is 2.18 bits per heavy atom. The van der Waals surface area contributed by atoms with Crippen molar-refractivity contribution < 1.29 is 20.1 Å². The quantitative estimate of drug-likeness (QED) is 0.494. The van der Waals surface area contributed by atoms with E-state index in [-0.39, 0.29) is 19.8 Å². The fourth-order valence-electron chi connectivity index (χ4n) is 0.675. The summed E-state index contributed by atoms with van der Waals surface area (Å²) >= 11 is 0. The van der Waals surface area contributed by atoms with Crippen LogP contribution in [0.2, 0.25) is 0 Å². The second-order valence-electron chi connectivity index (χ2n) is 2.92. The van der Waals surface area contributed by atoms with Crippen molar-refractivity contribution in [3.63, 3.8) is 0 Å². The molecule has 4 nitrogen and oxygen atoms in total. The van der Waals surface area contributed by atoms with Crippen LogP contribution in [0.5, 0.6) is 0 Å². The molecular weight excluding hydrogens is 148 g/mol. The van der Waals surface area contributed by atoms with Crippen LogP contribution < -0.4 is 0 Å². The molecule has 0 aromatic rings. The lowest BCUT2D eigenvalue weighted by Gasteiger charge is -2.27. The molecule has 1 unspecified atom stereocenters. The fourth-order valence-corrected chi connectivity index (χ4v) is 0.675. The molecule has 0 aliphatic rings. The first-order chi connectivity index (χ1) is 5.02. The van der Waals surface area contributed by atoms with Gasteiger partial charge in [0.15, 0.2) is 0 Å². The van der Waals surface area contributed by atoms with Crippen molar-refractivity contribution in [1.29, 1.82) is 0 Å². The third kappa shape index (κ3) is 4.31. The van der Waals surface area contributed by atoms with Crippen LogP contribution in [0.25, 0.3) is 0 Å². The van der Waals surface area contributed by atoms with Gasteiger partial charge in [-0.3, -0.25) is 0 Å². The summed E-state index contributed by atoms with van der Waals surface area (Å²) in [5.41, 5.74) is -1.07. The number of ether oxygens (including phenoxy) is 1. The number of rotatable bonds is 5. The van der Waals surface area contributed by atoms with Gasteiger partial charge < -0.3 is 20.1 Å². The smallest absolute Gasteiger partial charge is 0.109 e. The Hall–Kier alpha value is -0.160. The molecule has 1 atom stereocenters. The van der Waals surface area contributed by atoms with Crippen LogP contribution in [0.3, 0.4) is 0 Å². The summed E-state index contributed by atoms with van der Waals surface area (Å²) in [6, 6.07) is 0. The van der Waals surface area contributed by atoms with E-state index in [1.807, 2.05) is 0 Å². The molecule has 0 rings (SSSR count). The van der Waals surface area contributed by atoms with Crippen molar-refractivity contribution in [3.8, 4) is 0 Å². The van der Waals surface area contributed by atoms with E-state index in [4.69, 9.17) is 14.9 Å². The largest absolute Gasteiger partial charge is 0.394 e. The Bertz CT molecular complexity index is 97.1. The van der Waals surface area contributed by atoms with Gasteiger partial charge in [-0.05, 0) is 13.8 Å². The summed E-state index contributed by atoms with van der Waals surface area (Å²) in [6.45, 7) is 2.88. The summed E-state index contributed by atoms with van der Waals surface area (Å²) in [7, 11) is 0. The maximum Gasteiger partial charge on any atom is 0.109 e. The minimum absolute atomic E-state index is 0.105. The van der Waals surface area contributed by atoms with Crippen molar-refractivity contribution in [2.45, 2.75) is 25.6 Å². The summed E-state index contributed by atoms with van der Waals surface area (Å²) in [5, 5.41) is 26.4. The van der Waals surface area contributed by atoms with Crippen LogP contribution >= 0.6 is 0 Å². The van der Waals surface area contributed by atoms with Crippen LogP contribution in [-0.2, 0) is 4.74 Å². The Morgan fingerprint density at radius 2 is 1.91 bits per heavy atom. The highest BCUT2D eigenvalue weighted by Gasteiger charge is 2.26. The van der Waals surface area contributed by atoms with Crippen molar-refractivity contribution in [3.05, 3.63) is 0 Å². The molecule has 0 heterocycles. The zero-order valence-corrected chi connectivity index (χ0v) is 6.95. The first-order valence-electron chi connectivity index (χ1n) is 3.58. The minimum Gasteiger partial charge on any atom is -0.394 e. The molecule has 0 bridgehead atoms. The topological polar surface area (TPSA) is 69.9 Å². The summed E-state index contributed by atoms with van der Waals surface area (Å²) in [4.78, 5) is 0. The molecule has 0 aromatic carbocycles. The van der Waals surface area contributed by atoms with E-state index in [2.05, 4.69) is 0 Å². The molecule has 0 radical (unpaired) electrons. The van der Waals surface area contributed by atoms with E-state index in [1.165, 1.54) is 0 Å². The highest BCUT2D eigenvalue weighted by molar-refractivity contribution is 4.76. The molecule has 0 saturated heterocycles. The standard InChI is InChI=1S/C7H16O4/c1-7(2,10)6(5-9)11-4-3-8/h6,8-10H,3-5H2,1-2H3. The van der Waals surface area contributed by atoms with Crippen LogP contribution in [0.1, 0.15) is 13.8 Å². The summed E-state index contributed by atoms with van der Waals surface area (Å²) in [5.74, 6) is 0. The maximum atomic E-state index is 9.34. The van der Waals surface area contributed by atoms with Gasteiger partial charge in [-0.2, -0.15) is 0 Å². The van der Waals surface area contributed by atoms with E-state index in [1.54, 1.807) is 13.8 Å². The lowest BCUT2D eigenvalue weighted by Crippen LogP contribution is -2.41. The van der Waals surface area contributed by atoms with Gasteiger partial charge >= 0.3 is 0 Å². The van der Waals surface area contributed by atoms with E-state index >= 15 is 0 Å². The van der Waals surface area contributed by atoms with Gasteiger partial charge in [-0.25, -0.2) is 0 Å². The number of aliphatic hydroxyl groups is 3. The third-order valence-corrected chi connectivity index (χ3v) is 1.36. The molecule has 0 fully saturated rings. The first kappa shape index (κ1) is 10.8.